The van der Waals surface area contributed by atoms with Crippen molar-refractivity contribution in [1.82, 2.24) is 0 Å². The van der Waals surface area contributed by atoms with Gasteiger partial charge in [0.2, 0.25) is 0 Å². The van der Waals surface area contributed by atoms with Crippen LogP contribution in [0.2, 0.25) is 0 Å². The third-order valence-corrected chi connectivity index (χ3v) is 18.2. The molecular formula is C74H47NS. The summed E-state index contributed by atoms with van der Waals surface area (Å²) in [5.74, 6) is 0. The maximum atomic E-state index is 2.65. The molecule has 0 bridgehead atoms. The summed E-state index contributed by atoms with van der Waals surface area (Å²) in [7, 11) is 0. The Hall–Kier alpha value is -9.34. The summed E-state index contributed by atoms with van der Waals surface area (Å²) < 4.78 is 2.55. The van der Waals surface area contributed by atoms with Crippen LogP contribution in [0.5, 0.6) is 0 Å². The minimum absolute atomic E-state index is 0.497. The van der Waals surface area contributed by atoms with Gasteiger partial charge in [-0.15, -0.1) is 11.3 Å². The van der Waals surface area contributed by atoms with Crippen LogP contribution >= 0.6 is 11.3 Å². The van der Waals surface area contributed by atoms with Crippen LogP contribution in [-0.2, 0) is 10.8 Å². The van der Waals surface area contributed by atoms with E-state index in [4.69, 9.17) is 0 Å². The monoisotopic (exact) mass is 981 g/mol. The van der Waals surface area contributed by atoms with Gasteiger partial charge in [-0.05, 0) is 113 Å². The van der Waals surface area contributed by atoms with E-state index >= 15 is 0 Å². The highest BCUT2D eigenvalue weighted by atomic mass is 32.1. The van der Waals surface area contributed by atoms with Gasteiger partial charge in [0.1, 0.15) is 0 Å². The van der Waals surface area contributed by atoms with Gasteiger partial charge in [0.25, 0.3) is 0 Å². The van der Waals surface area contributed by atoms with Gasteiger partial charge in [-0.25, -0.2) is 0 Å². The third-order valence-electron chi connectivity index (χ3n) is 17.0. The topological polar surface area (TPSA) is 3.24 Å². The Morgan fingerprint density at radius 3 is 1.16 bits per heavy atom. The number of hydrogen-bond donors (Lipinski definition) is 0. The van der Waals surface area contributed by atoms with E-state index in [2.05, 4.69) is 290 Å². The van der Waals surface area contributed by atoms with Crippen molar-refractivity contribution in [2.75, 3.05) is 4.90 Å². The molecule has 0 saturated carbocycles. The molecule has 354 valence electrons. The van der Waals surface area contributed by atoms with E-state index < -0.39 is 10.8 Å². The number of hydrogen-bond acceptors (Lipinski definition) is 2. The molecule has 0 fully saturated rings. The highest BCUT2D eigenvalue weighted by Crippen LogP contribution is 2.66. The lowest BCUT2D eigenvalue weighted by Crippen LogP contribution is -2.28. The van der Waals surface area contributed by atoms with E-state index in [0.29, 0.717) is 0 Å². The van der Waals surface area contributed by atoms with Crippen LogP contribution in [-0.4, -0.2) is 0 Å². The normalized spacial score (nSPS) is 13.7. The molecule has 0 aliphatic heterocycles. The molecule has 16 rings (SSSR count). The Bertz CT molecular complexity index is 4320. The van der Waals surface area contributed by atoms with Gasteiger partial charge in [-0.2, -0.15) is 0 Å². The quantitative estimate of drug-likeness (QED) is 0.154. The first-order valence-corrected chi connectivity index (χ1v) is 27.2. The lowest BCUT2D eigenvalue weighted by molar-refractivity contribution is 0.769. The second-order valence-corrected chi connectivity index (χ2v) is 21.6. The summed E-state index contributed by atoms with van der Waals surface area (Å²) in [6, 6.07) is 107. The van der Waals surface area contributed by atoms with Crippen LogP contribution in [0.4, 0.5) is 17.1 Å². The Kier molecular flexibility index (Phi) is 9.40. The number of rotatable bonds is 7. The molecule has 0 atom stereocenters. The highest BCUT2D eigenvalue weighted by molar-refractivity contribution is 7.26. The van der Waals surface area contributed by atoms with Crippen molar-refractivity contribution in [3.8, 4) is 55.6 Å². The molecule has 12 aromatic carbocycles. The van der Waals surface area contributed by atoms with Crippen LogP contribution in [0, 0.1) is 0 Å². The average Bonchev–Trinajstić information content (AvgIpc) is 4.37. The van der Waals surface area contributed by atoms with Crippen molar-refractivity contribution in [3.63, 3.8) is 0 Å². The fourth-order valence-electron chi connectivity index (χ4n) is 14.0. The molecule has 2 heteroatoms. The standard InChI is InChI=1S/C74H47NS/c1-3-20-48(21-4-1)50-40-44-52(45-41-50)73(53-46-42-51(43-47-53)49-22-5-2-6-23-49)62-32-14-9-27-58(62)70-64(73)34-18-36-66(70)75(68-38-17-29-57-56-26-11-16-39-69(56)76-72(57)68)67-37-19-35-65-71(67)59-28-10-15-33-63(59)74(65)60-30-12-7-24-54(60)55-25-8-13-31-61(55)74/h1-47H. The second kappa shape index (κ2) is 16.6. The SMILES string of the molecule is c1ccc(-c2ccc(C3(c4ccc(-c5ccccc5)cc4)c4ccccc4-c4c(N(c5cccc6c5-c5ccccc5C65c6ccccc6-c6ccccc65)c5cccc6c5sc5ccccc56)cccc43)cc2)cc1. The highest BCUT2D eigenvalue weighted by Gasteiger charge is 2.53. The minimum atomic E-state index is -0.659. The van der Waals surface area contributed by atoms with E-state index in [0.717, 1.165) is 11.4 Å². The second-order valence-electron chi connectivity index (χ2n) is 20.6. The zero-order chi connectivity index (χ0) is 50.0. The predicted molar refractivity (Wildman–Crippen MR) is 318 cm³/mol. The van der Waals surface area contributed by atoms with Crippen LogP contribution < -0.4 is 4.90 Å². The molecule has 1 nitrogen and oxygen atoms in total. The van der Waals surface area contributed by atoms with Crippen molar-refractivity contribution in [3.05, 3.63) is 330 Å². The van der Waals surface area contributed by atoms with Crippen molar-refractivity contribution in [2.45, 2.75) is 10.8 Å². The number of anilines is 3. The van der Waals surface area contributed by atoms with Crippen LogP contribution in [0.15, 0.2) is 285 Å². The fourth-order valence-corrected chi connectivity index (χ4v) is 15.2. The molecule has 0 unspecified atom stereocenters. The number of fused-ring (bicyclic) bond motifs is 16. The van der Waals surface area contributed by atoms with Gasteiger partial charge in [0, 0.05) is 26.6 Å². The summed E-state index contributed by atoms with van der Waals surface area (Å²) >= 11 is 1.89. The van der Waals surface area contributed by atoms with E-state index in [1.165, 1.54) is 126 Å². The average molecular weight is 982 g/mol. The van der Waals surface area contributed by atoms with Gasteiger partial charge < -0.3 is 4.90 Å². The van der Waals surface area contributed by atoms with Gasteiger partial charge >= 0.3 is 0 Å². The molecule has 1 heterocycles. The number of benzene rings is 12. The van der Waals surface area contributed by atoms with E-state index in [9.17, 15) is 0 Å². The molecule has 0 radical (unpaired) electrons. The maximum Gasteiger partial charge on any atom is 0.0726 e. The van der Waals surface area contributed by atoms with Crippen molar-refractivity contribution in [1.29, 1.82) is 0 Å². The van der Waals surface area contributed by atoms with Gasteiger partial charge in [0.05, 0.1) is 32.6 Å². The first-order valence-electron chi connectivity index (χ1n) is 26.4. The summed E-state index contributed by atoms with van der Waals surface area (Å²) in [6.45, 7) is 0. The Morgan fingerprint density at radius 1 is 0.250 bits per heavy atom. The summed E-state index contributed by atoms with van der Waals surface area (Å²) in [6.07, 6.45) is 0. The van der Waals surface area contributed by atoms with Crippen LogP contribution in [0.25, 0.3) is 75.8 Å². The Morgan fingerprint density at radius 2 is 0.618 bits per heavy atom. The molecule has 1 spiro atoms. The molecule has 0 amide bonds. The lowest BCUT2D eigenvalue weighted by atomic mass is 9.67. The largest absolute Gasteiger partial charge is 0.308 e. The zero-order valence-electron chi connectivity index (χ0n) is 41.5. The van der Waals surface area contributed by atoms with Crippen LogP contribution in [0.1, 0.15) is 44.5 Å². The fraction of sp³-hybridized carbons (Fsp3) is 0.0270. The third kappa shape index (κ3) is 5.85. The molecule has 1 aromatic heterocycles. The zero-order valence-corrected chi connectivity index (χ0v) is 42.3. The van der Waals surface area contributed by atoms with Crippen molar-refractivity contribution in [2.24, 2.45) is 0 Å². The molecule has 3 aliphatic rings. The smallest absolute Gasteiger partial charge is 0.0726 e. The molecular weight excluding hydrogens is 935 g/mol. The van der Waals surface area contributed by atoms with E-state index in [1.54, 1.807) is 0 Å². The minimum Gasteiger partial charge on any atom is -0.308 e. The molecule has 76 heavy (non-hydrogen) atoms. The summed E-state index contributed by atoms with van der Waals surface area (Å²) in [4.78, 5) is 2.65. The lowest BCUT2D eigenvalue weighted by Gasteiger charge is -2.35. The molecule has 3 aliphatic carbocycles. The van der Waals surface area contributed by atoms with Gasteiger partial charge in [-0.1, -0.05) is 261 Å². The van der Waals surface area contributed by atoms with E-state index in [-0.39, 0.29) is 0 Å². The maximum absolute atomic E-state index is 2.65. The van der Waals surface area contributed by atoms with Crippen molar-refractivity contribution < 1.29 is 0 Å². The molecule has 13 aromatic rings. The van der Waals surface area contributed by atoms with Gasteiger partial charge in [0.15, 0.2) is 0 Å². The first kappa shape index (κ1) is 43.1. The molecule has 0 N–H and O–H groups in total. The van der Waals surface area contributed by atoms with E-state index in [1.807, 2.05) is 11.3 Å². The first-order chi connectivity index (χ1) is 37.7. The predicted octanol–water partition coefficient (Wildman–Crippen LogP) is 19.6. The summed E-state index contributed by atoms with van der Waals surface area (Å²) in [5, 5.41) is 2.55. The summed E-state index contributed by atoms with van der Waals surface area (Å²) in [5.41, 5.74) is 25.1. The van der Waals surface area contributed by atoms with Crippen molar-refractivity contribution >= 4 is 48.6 Å². The number of nitrogens with zero attached hydrogens (tertiary/aromatic N) is 1. The van der Waals surface area contributed by atoms with Gasteiger partial charge in [-0.3, -0.25) is 0 Å². The molecule has 0 saturated heterocycles. The number of thiophene rings is 1. The Labute approximate surface area is 446 Å². The van der Waals surface area contributed by atoms with Crippen LogP contribution in [0.3, 0.4) is 0 Å². The Balaban J connectivity index is 1.01.